The van der Waals surface area contributed by atoms with E-state index in [0.29, 0.717) is 12.4 Å². The lowest BCUT2D eigenvalue weighted by Gasteiger charge is -2.17. The number of rotatable bonds is 4. The Labute approximate surface area is 100 Å². The number of amides is 1. The molecule has 1 unspecified atom stereocenters. The number of nitrogens with one attached hydrogen (secondary N) is 1. The average Bonchev–Trinajstić information content (AvgIpc) is 2.37. The predicted molar refractivity (Wildman–Crippen MR) is 63.3 cm³/mol. The van der Waals surface area contributed by atoms with E-state index in [4.69, 9.17) is 5.26 Å². The van der Waals surface area contributed by atoms with Gasteiger partial charge in [0, 0.05) is 20.6 Å². The van der Waals surface area contributed by atoms with Crippen LogP contribution in [0.25, 0.3) is 0 Å². The van der Waals surface area contributed by atoms with Gasteiger partial charge in [-0.2, -0.15) is 5.26 Å². The first-order valence-electron chi connectivity index (χ1n) is 5.25. The van der Waals surface area contributed by atoms with Gasteiger partial charge in [0.05, 0.1) is 12.0 Å². The number of carbonyl (C=O) groups is 1. The lowest BCUT2D eigenvalue weighted by atomic mass is 10.2. The molecule has 1 N–H and O–H groups in total. The zero-order valence-electron chi connectivity index (χ0n) is 10.1. The summed E-state index contributed by atoms with van der Waals surface area (Å²) in [6.45, 7) is 2.14. The van der Waals surface area contributed by atoms with Crippen LogP contribution >= 0.6 is 0 Å². The molecular weight excluding hydrogens is 218 g/mol. The standard InChI is InChI=1S/C11H15N5O/c1-8(6-12)7-16(3)11(17)9-4-5-10(13-2)15-14-9/h4-5,8H,7H2,1-3H3,(H,13,15). The van der Waals surface area contributed by atoms with Gasteiger partial charge in [0.25, 0.3) is 5.91 Å². The van der Waals surface area contributed by atoms with Gasteiger partial charge in [-0.3, -0.25) is 4.79 Å². The van der Waals surface area contributed by atoms with Crippen molar-refractivity contribution in [3.8, 4) is 6.07 Å². The van der Waals surface area contributed by atoms with E-state index >= 15 is 0 Å². The Balaban J connectivity index is 2.72. The number of hydrogen-bond donors (Lipinski definition) is 1. The molecule has 90 valence electrons. The molecule has 1 aromatic heterocycles. The number of anilines is 1. The van der Waals surface area contributed by atoms with Gasteiger partial charge in [-0.15, -0.1) is 10.2 Å². The van der Waals surface area contributed by atoms with Crippen LogP contribution in [0.2, 0.25) is 0 Å². The smallest absolute Gasteiger partial charge is 0.274 e. The van der Waals surface area contributed by atoms with E-state index in [0.717, 1.165) is 0 Å². The lowest BCUT2D eigenvalue weighted by molar-refractivity contribution is 0.0778. The fraction of sp³-hybridized carbons (Fsp3) is 0.455. The first-order valence-corrected chi connectivity index (χ1v) is 5.25. The minimum Gasteiger partial charge on any atom is -0.372 e. The molecule has 0 saturated heterocycles. The van der Waals surface area contributed by atoms with E-state index in [2.05, 4.69) is 21.6 Å². The summed E-state index contributed by atoms with van der Waals surface area (Å²) in [7, 11) is 3.37. The number of carbonyl (C=O) groups excluding carboxylic acids is 1. The minimum atomic E-state index is -0.234. The van der Waals surface area contributed by atoms with E-state index in [1.165, 1.54) is 4.90 Å². The third-order valence-corrected chi connectivity index (χ3v) is 2.25. The summed E-state index contributed by atoms with van der Waals surface area (Å²) >= 11 is 0. The molecule has 0 fully saturated rings. The topological polar surface area (TPSA) is 81.9 Å². The van der Waals surface area contributed by atoms with Crippen molar-refractivity contribution >= 4 is 11.7 Å². The summed E-state index contributed by atoms with van der Waals surface area (Å²) in [5.74, 6) is 0.172. The third kappa shape index (κ3) is 3.41. The Morgan fingerprint density at radius 2 is 2.29 bits per heavy atom. The monoisotopic (exact) mass is 233 g/mol. The Bertz CT molecular complexity index is 422. The first-order chi connectivity index (χ1) is 8.08. The molecule has 1 heterocycles. The average molecular weight is 233 g/mol. The molecule has 0 aliphatic rings. The van der Waals surface area contributed by atoms with Gasteiger partial charge >= 0.3 is 0 Å². The summed E-state index contributed by atoms with van der Waals surface area (Å²) in [6, 6.07) is 5.37. The second-order valence-electron chi connectivity index (χ2n) is 3.77. The van der Waals surface area contributed by atoms with E-state index in [-0.39, 0.29) is 17.5 Å². The van der Waals surface area contributed by atoms with Crippen LogP contribution in [0.15, 0.2) is 12.1 Å². The van der Waals surface area contributed by atoms with Crippen LogP contribution in [0.1, 0.15) is 17.4 Å². The Hall–Kier alpha value is -2.16. The lowest BCUT2D eigenvalue weighted by Crippen LogP contribution is -2.31. The van der Waals surface area contributed by atoms with Gasteiger partial charge < -0.3 is 10.2 Å². The second kappa shape index (κ2) is 5.80. The molecule has 0 bridgehead atoms. The highest BCUT2D eigenvalue weighted by Gasteiger charge is 2.15. The molecule has 1 aromatic rings. The molecule has 0 aliphatic carbocycles. The second-order valence-corrected chi connectivity index (χ2v) is 3.77. The Kier molecular flexibility index (Phi) is 4.40. The van der Waals surface area contributed by atoms with Crippen molar-refractivity contribution < 1.29 is 4.79 Å². The van der Waals surface area contributed by atoms with Crippen LogP contribution in [-0.2, 0) is 0 Å². The van der Waals surface area contributed by atoms with Crippen molar-refractivity contribution in [3.05, 3.63) is 17.8 Å². The largest absolute Gasteiger partial charge is 0.372 e. The van der Waals surface area contributed by atoms with Crippen LogP contribution in [0.4, 0.5) is 5.82 Å². The van der Waals surface area contributed by atoms with Crippen LogP contribution < -0.4 is 5.32 Å². The summed E-state index contributed by atoms with van der Waals surface area (Å²) in [6.07, 6.45) is 0. The number of aromatic nitrogens is 2. The van der Waals surface area contributed by atoms with Crippen LogP contribution in [0.5, 0.6) is 0 Å². The zero-order chi connectivity index (χ0) is 12.8. The molecule has 1 amide bonds. The van der Waals surface area contributed by atoms with E-state index in [1.54, 1.807) is 33.2 Å². The van der Waals surface area contributed by atoms with Crippen LogP contribution in [0.3, 0.4) is 0 Å². The van der Waals surface area contributed by atoms with Gasteiger partial charge in [-0.1, -0.05) is 0 Å². The molecule has 0 aliphatic heterocycles. The molecule has 6 nitrogen and oxygen atoms in total. The molecule has 1 atom stereocenters. The third-order valence-electron chi connectivity index (χ3n) is 2.25. The predicted octanol–water partition coefficient (Wildman–Crippen LogP) is 0.750. The van der Waals surface area contributed by atoms with Crippen molar-refractivity contribution in [1.82, 2.24) is 15.1 Å². The normalized spacial score (nSPS) is 11.4. The number of hydrogen-bond acceptors (Lipinski definition) is 5. The molecule has 0 saturated carbocycles. The van der Waals surface area contributed by atoms with Gasteiger partial charge in [-0.25, -0.2) is 0 Å². The molecule has 1 rings (SSSR count). The molecular formula is C11H15N5O. The van der Waals surface area contributed by atoms with Crippen molar-refractivity contribution in [2.75, 3.05) is 26.0 Å². The summed E-state index contributed by atoms with van der Waals surface area (Å²) in [5, 5.41) is 19.1. The number of nitrogens with zero attached hydrogens (tertiary/aromatic N) is 4. The highest BCUT2D eigenvalue weighted by molar-refractivity contribution is 5.92. The summed E-state index contributed by atoms with van der Waals surface area (Å²) < 4.78 is 0. The molecule has 0 aromatic carbocycles. The van der Waals surface area contributed by atoms with Gasteiger partial charge in [0.1, 0.15) is 5.82 Å². The fourth-order valence-electron chi connectivity index (χ4n) is 1.31. The highest BCUT2D eigenvalue weighted by Crippen LogP contribution is 2.05. The van der Waals surface area contributed by atoms with Crippen molar-refractivity contribution in [1.29, 1.82) is 5.26 Å². The van der Waals surface area contributed by atoms with E-state index < -0.39 is 0 Å². The van der Waals surface area contributed by atoms with Crippen molar-refractivity contribution in [3.63, 3.8) is 0 Å². The maximum atomic E-state index is 11.9. The van der Waals surface area contributed by atoms with Crippen molar-refractivity contribution in [2.24, 2.45) is 5.92 Å². The number of nitriles is 1. The maximum absolute atomic E-state index is 11.9. The SMILES string of the molecule is CNc1ccc(C(=O)N(C)CC(C)C#N)nn1. The van der Waals surface area contributed by atoms with E-state index in [9.17, 15) is 4.79 Å². The zero-order valence-corrected chi connectivity index (χ0v) is 10.1. The quantitative estimate of drug-likeness (QED) is 0.829. The first kappa shape index (κ1) is 12.9. The maximum Gasteiger partial charge on any atom is 0.274 e. The van der Waals surface area contributed by atoms with Crippen LogP contribution in [0, 0.1) is 17.2 Å². The molecule has 0 spiro atoms. The Morgan fingerprint density at radius 3 is 2.76 bits per heavy atom. The summed E-state index contributed by atoms with van der Waals surface area (Å²) in [5.41, 5.74) is 0.275. The molecule has 0 radical (unpaired) electrons. The van der Waals surface area contributed by atoms with Crippen molar-refractivity contribution in [2.45, 2.75) is 6.92 Å². The summed E-state index contributed by atoms with van der Waals surface area (Å²) in [4.78, 5) is 13.4. The fourth-order valence-corrected chi connectivity index (χ4v) is 1.31. The van der Waals surface area contributed by atoms with Gasteiger partial charge in [0.2, 0.25) is 0 Å². The Morgan fingerprint density at radius 1 is 1.59 bits per heavy atom. The van der Waals surface area contributed by atoms with Crippen LogP contribution in [-0.4, -0.2) is 41.6 Å². The molecule has 6 heteroatoms. The van der Waals surface area contributed by atoms with Gasteiger partial charge in [0.15, 0.2) is 5.69 Å². The highest BCUT2D eigenvalue weighted by atomic mass is 16.2. The molecule has 17 heavy (non-hydrogen) atoms. The van der Waals surface area contributed by atoms with E-state index in [1.807, 2.05) is 0 Å². The minimum absolute atomic E-state index is 0.200. The van der Waals surface area contributed by atoms with Gasteiger partial charge in [-0.05, 0) is 19.1 Å².